The van der Waals surface area contributed by atoms with E-state index in [0.717, 1.165) is 23.4 Å². The summed E-state index contributed by atoms with van der Waals surface area (Å²) in [5.41, 5.74) is 8.12. The third kappa shape index (κ3) is 2.90. The summed E-state index contributed by atoms with van der Waals surface area (Å²) in [6.45, 7) is 2.59. The van der Waals surface area contributed by atoms with Crippen LogP contribution in [0.5, 0.6) is 5.75 Å². The summed E-state index contributed by atoms with van der Waals surface area (Å²) in [7, 11) is 1.94. The molecule has 0 radical (unpaired) electrons. The fourth-order valence-corrected chi connectivity index (χ4v) is 1.90. The summed E-state index contributed by atoms with van der Waals surface area (Å²) in [5.74, 6) is 0.870. The number of rotatable bonds is 5. The molecule has 1 heterocycles. The number of nitrogens with zero attached hydrogens (tertiary/aromatic N) is 2. The monoisotopic (exact) mass is 245 g/mol. The van der Waals surface area contributed by atoms with Gasteiger partial charge in [0.15, 0.2) is 0 Å². The maximum atomic E-state index is 5.91. The average Bonchev–Trinajstić information content (AvgIpc) is 2.76. The van der Waals surface area contributed by atoms with Gasteiger partial charge in [-0.05, 0) is 19.1 Å². The van der Waals surface area contributed by atoms with Crippen molar-refractivity contribution in [1.82, 2.24) is 9.78 Å². The minimum absolute atomic E-state index is 0.0158. The van der Waals surface area contributed by atoms with E-state index in [1.54, 1.807) is 6.20 Å². The van der Waals surface area contributed by atoms with E-state index in [9.17, 15) is 0 Å². The standard InChI is InChI=1S/C14H19N3O/c1-11(15)13-5-3-4-6-14(13)18-10-8-12-7-9-16-17(12)2/h3-7,9,11H,8,10,15H2,1-2H3. The van der Waals surface area contributed by atoms with Crippen molar-refractivity contribution in [2.24, 2.45) is 12.8 Å². The zero-order chi connectivity index (χ0) is 13.0. The van der Waals surface area contributed by atoms with E-state index in [2.05, 4.69) is 5.10 Å². The number of nitrogens with two attached hydrogens (primary N) is 1. The van der Waals surface area contributed by atoms with Crippen LogP contribution in [0.25, 0.3) is 0 Å². The van der Waals surface area contributed by atoms with E-state index < -0.39 is 0 Å². The maximum absolute atomic E-state index is 5.91. The van der Waals surface area contributed by atoms with Crippen LogP contribution in [0.2, 0.25) is 0 Å². The van der Waals surface area contributed by atoms with Gasteiger partial charge < -0.3 is 10.5 Å². The van der Waals surface area contributed by atoms with Gasteiger partial charge >= 0.3 is 0 Å². The number of hydrogen-bond acceptors (Lipinski definition) is 3. The molecule has 96 valence electrons. The van der Waals surface area contributed by atoms with Crippen LogP contribution in [-0.2, 0) is 13.5 Å². The molecular formula is C14H19N3O. The van der Waals surface area contributed by atoms with Gasteiger partial charge in [0.05, 0.1) is 6.61 Å². The quantitative estimate of drug-likeness (QED) is 0.877. The van der Waals surface area contributed by atoms with Crippen LogP contribution in [0.3, 0.4) is 0 Å². The zero-order valence-electron chi connectivity index (χ0n) is 10.8. The van der Waals surface area contributed by atoms with E-state index in [4.69, 9.17) is 10.5 Å². The smallest absolute Gasteiger partial charge is 0.124 e. The lowest BCUT2D eigenvalue weighted by atomic mass is 10.1. The minimum Gasteiger partial charge on any atom is -0.493 e. The molecule has 4 heteroatoms. The van der Waals surface area contributed by atoms with Crippen LogP contribution in [0.15, 0.2) is 36.5 Å². The summed E-state index contributed by atoms with van der Waals surface area (Å²) in [4.78, 5) is 0. The molecule has 1 atom stereocenters. The van der Waals surface area contributed by atoms with Crippen molar-refractivity contribution in [3.63, 3.8) is 0 Å². The largest absolute Gasteiger partial charge is 0.493 e. The van der Waals surface area contributed by atoms with E-state index in [1.165, 1.54) is 0 Å². The van der Waals surface area contributed by atoms with Gasteiger partial charge in [-0.15, -0.1) is 0 Å². The zero-order valence-corrected chi connectivity index (χ0v) is 10.8. The van der Waals surface area contributed by atoms with Crippen LogP contribution < -0.4 is 10.5 Å². The number of hydrogen-bond donors (Lipinski definition) is 1. The highest BCUT2D eigenvalue weighted by Gasteiger charge is 2.07. The Morgan fingerprint density at radius 2 is 2.11 bits per heavy atom. The van der Waals surface area contributed by atoms with Crippen molar-refractivity contribution < 1.29 is 4.74 Å². The van der Waals surface area contributed by atoms with E-state index in [0.29, 0.717) is 6.61 Å². The van der Waals surface area contributed by atoms with Crippen LogP contribution in [0.4, 0.5) is 0 Å². The van der Waals surface area contributed by atoms with Crippen molar-refractivity contribution in [3.8, 4) is 5.75 Å². The van der Waals surface area contributed by atoms with Crippen molar-refractivity contribution in [2.75, 3.05) is 6.61 Å². The molecule has 0 amide bonds. The van der Waals surface area contributed by atoms with Gasteiger partial charge in [-0.1, -0.05) is 18.2 Å². The van der Waals surface area contributed by atoms with Gasteiger partial charge in [0.2, 0.25) is 0 Å². The second-order valence-corrected chi connectivity index (χ2v) is 4.37. The lowest BCUT2D eigenvalue weighted by Crippen LogP contribution is -2.10. The lowest BCUT2D eigenvalue weighted by Gasteiger charge is -2.13. The second-order valence-electron chi connectivity index (χ2n) is 4.37. The molecule has 0 bridgehead atoms. The average molecular weight is 245 g/mol. The predicted octanol–water partition coefficient (Wildman–Crippen LogP) is 2.06. The molecule has 0 saturated carbocycles. The van der Waals surface area contributed by atoms with Gasteiger partial charge in [-0.2, -0.15) is 5.10 Å². The first-order valence-corrected chi connectivity index (χ1v) is 6.12. The molecule has 2 aromatic rings. The van der Waals surface area contributed by atoms with E-state index in [1.807, 2.05) is 49.0 Å². The van der Waals surface area contributed by atoms with Crippen LogP contribution in [0, 0.1) is 0 Å². The first-order valence-electron chi connectivity index (χ1n) is 6.12. The first-order chi connectivity index (χ1) is 8.68. The van der Waals surface area contributed by atoms with Gasteiger partial charge in [-0.3, -0.25) is 4.68 Å². The Bertz CT molecular complexity index is 505. The number of para-hydroxylation sites is 1. The van der Waals surface area contributed by atoms with Gasteiger partial charge in [-0.25, -0.2) is 0 Å². The van der Waals surface area contributed by atoms with Crippen molar-refractivity contribution >= 4 is 0 Å². The van der Waals surface area contributed by atoms with Gasteiger partial charge in [0, 0.05) is 37.0 Å². The molecule has 18 heavy (non-hydrogen) atoms. The number of aromatic nitrogens is 2. The molecule has 0 saturated heterocycles. The summed E-state index contributed by atoms with van der Waals surface area (Å²) in [6.07, 6.45) is 2.63. The summed E-state index contributed by atoms with van der Waals surface area (Å²) in [6, 6.07) is 9.89. The van der Waals surface area contributed by atoms with Gasteiger partial charge in [0.1, 0.15) is 5.75 Å². The molecule has 0 aliphatic carbocycles. The minimum atomic E-state index is -0.0158. The Morgan fingerprint density at radius 1 is 1.33 bits per heavy atom. The Labute approximate surface area is 107 Å². The van der Waals surface area contributed by atoms with Crippen LogP contribution >= 0.6 is 0 Å². The van der Waals surface area contributed by atoms with Crippen molar-refractivity contribution in [3.05, 3.63) is 47.8 Å². The third-order valence-corrected chi connectivity index (χ3v) is 2.95. The molecule has 0 aliphatic heterocycles. The van der Waals surface area contributed by atoms with Crippen LogP contribution in [-0.4, -0.2) is 16.4 Å². The Kier molecular flexibility index (Phi) is 3.99. The normalized spacial score (nSPS) is 12.4. The molecule has 1 aromatic heterocycles. The molecule has 0 spiro atoms. The Balaban J connectivity index is 1.96. The summed E-state index contributed by atoms with van der Waals surface area (Å²) in [5, 5.41) is 4.13. The molecule has 1 aromatic carbocycles. The maximum Gasteiger partial charge on any atom is 0.124 e. The predicted molar refractivity (Wildman–Crippen MR) is 71.5 cm³/mol. The van der Waals surface area contributed by atoms with E-state index in [-0.39, 0.29) is 6.04 Å². The first kappa shape index (κ1) is 12.6. The molecule has 4 nitrogen and oxygen atoms in total. The summed E-state index contributed by atoms with van der Waals surface area (Å²) >= 11 is 0. The molecule has 2 N–H and O–H groups in total. The Hall–Kier alpha value is -1.81. The second kappa shape index (κ2) is 5.69. The molecule has 0 fully saturated rings. The number of aryl methyl sites for hydroxylation is 1. The highest BCUT2D eigenvalue weighted by Crippen LogP contribution is 2.23. The number of benzene rings is 1. The molecular weight excluding hydrogens is 226 g/mol. The topological polar surface area (TPSA) is 53.1 Å². The van der Waals surface area contributed by atoms with Crippen molar-refractivity contribution in [2.45, 2.75) is 19.4 Å². The van der Waals surface area contributed by atoms with Crippen LogP contribution in [0.1, 0.15) is 24.2 Å². The fraction of sp³-hybridized carbons (Fsp3) is 0.357. The highest BCUT2D eigenvalue weighted by molar-refractivity contribution is 5.35. The molecule has 1 unspecified atom stereocenters. The van der Waals surface area contributed by atoms with E-state index >= 15 is 0 Å². The SMILES string of the molecule is CC(N)c1ccccc1OCCc1ccnn1C. The summed E-state index contributed by atoms with van der Waals surface area (Å²) < 4.78 is 7.67. The lowest BCUT2D eigenvalue weighted by molar-refractivity contribution is 0.313. The number of ether oxygens (including phenoxy) is 1. The highest BCUT2D eigenvalue weighted by atomic mass is 16.5. The Morgan fingerprint density at radius 3 is 2.78 bits per heavy atom. The molecule has 0 aliphatic rings. The van der Waals surface area contributed by atoms with Crippen molar-refractivity contribution in [1.29, 1.82) is 0 Å². The third-order valence-electron chi connectivity index (χ3n) is 2.95. The molecule has 2 rings (SSSR count). The van der Waals surface area contributed by atoms with Gasteiger partial charge in [0.25, 0.3) is 0 Å². The fourth-order valence-electron chi connectivity index (χ4n) is 1.90.